The Hall–Kier alpha value is -1.58. The molecule has 4 heteroatoms. The van der Waals surface area contributed by atoms with Crippen LogP contribution < -0.4 is 5.73 Å². The Balaban J connectivity index is 2.51. The maximum absolute atomic E-state index is 5.97. The van der Waals surface area contributed by atoms with Crippen LogP contribution in [0.5, 0.6) is 0 Å². The zero-order valence-electron chi connectivity index (χ0n) is 8.52. The molecule has 0 aliphatic heterocycles. The van der Waals surface area contributed by atoms with Gasteiger partial charge in [0.05, 0.1) is 17.4 Å². The maximum Gasteiger partial charge on any atom is 0.137 e. The first-order valence-corrected chi connectivity index (χ1v) is 5.42. The second-order valence-electron chi connectivity index (χ2n) is 3.68. The van der Waals surface area contributed by atoms with Crippen LogP contribution >= 0.6 is 11.6 Å². The molecule has 0 radical (unpaired) electrons. The van der Waals surface area contributed by atoms with E-state index in [9.17, 15) is 0 Å². The fraction of sp³-hybridized carbons (Fsp3) is 0.0833. The number of pyridine rings is 1. The lowest BCUT2D eigenvalue weighted by molar-refractivity contribution is 0.979. The number of fused-ring (bicyclic) bond motifs is 3. The largest absolute Gasteiger partial charge is 0.325 e. The first kappa shape index (κ1) is 9.63. The van der Waals surface area contributed by atoms with Crippen molar-refractivity contribution in [3.05, 3.63) is 47.2 Å². The lowest BCUT2D eigenvalue weighted by Crippen LogP contribution is -2.01. The quantitative estimate of drug-likeness (QED) is 0.700. The van der Waals surface area contributed by atoms with Crippen molar-refractivity contribution in [3.8, 4) is 0 Å². The van der Waals surface area contributed by atoms with Crippen LogP contribution in [-0.4, -0.2) is 9.38 Å². The predicted octanol–water partition coefficient (Wildman–Crippen LogP) is 2.60. The van der Waals surface area contributed by atoms with Gasteiger partial charge in [0.25, 0.3) is 0 Å². The first-order chi connectivity index (χ1) is 7.79. The third-order valence-electron chi connectivity index (χ3n) is 2.71. The van der Waals surface area contributed by atoms with Crippen LogP contribution in [0.4, 0.5) is 0 Å². The van der Waals surface area contributed by atoms with E-state index in [0.717, 1.165) is 27.3 Å². The number of halogens is 1. The summed E-state index contributed by atoms with van der Waals surface area (Å²) in [5, 5.41) is 1.83. The minimum atomic E-state index is 0.475. The van der Waals surface area contributed by atoms with Gasteiger partial charge in [-0.15, -0.1) is 0 Å². The Morgan fingerprint density at radius 2 is 2.12 bits per heavy atom. The Bertz CT molecular complexity index is 672. The van der Waals surface area contributed by atoms with E-state index >= 15 is 0 Å². The molecule has 0 fully saturated rings. The SMILES string of the molecule is NCc1cnc2ccc3cc(Cl)ccc3n12. The summed E-state index contributed by atoms with van der Waals surface area (Å²) in [5.41, 5.74) is 8.69. The van der Waals surface area contributed by atoms with Crippen molar-refractivity contribution in [2.45, 2.75) is 6.54 Å². The molecule has 2 heterocycles. The van der Waals surface area contributed by atoms with Crippen LogP contribution in [0.3, 0.4) is 0 Å². The molecule has 2 aromatic heterocycles. The maximum atomic E-state index is 5.97. The molecule has 0 aliphatic rings. The predicted molar refractivity (Wildman–Crippen MR) is 65.6 cm³/mol. The second-order valence-corrected chi connectivity index (χ2v) is 4.12. The zero-order valence-corrected chi connectivity index (χ0v) is 9.28. The van der Waals surface area contributed by atoms with E-state index in [-0.39, 0.29) is 0 Å². The van der Waals surface area contributed by atoms with E-state index in [1.807, 2.05) is 36.5 Å². The van der Waals surface area contributed by atoms with E-state index in [1.165, 1.54) is 0 Å². The highest BCUT2D eigenvalue weighted by Crippen LogP contribution is 2.22. The number of imidazole rings is 1. The van der Waals surface area contributed by atoms with Crippen LogP contribution in [0.1, 0.15) is 5.69 Å². The summed E-state index contributed by atoms with van der Waals surface area (Å²) < 4.78 is 2.06. The van der Waals surface area contributed by atoms with Gasteiger partial charge < -0.3 is 5.73 Å². The minimum absolute atomic E-state index is 0.475. The third-order valence-corrected chi connectivity index (χ3v) is 2.95. The molecule has 0 bridgehead atoms. The summed E-state index contributed by atoms with van der Waals surface area (Å²) in [5.74, 6) is 0. The van der Waals surface area contributed by atoms with Crippen LogP contribution in [0.15, 0.2) is 36.5 Å². The van der Waals surface area contributed by atoms with Crippen molar-refractivity contribution < 1.29 is 0 Å². The summed E-state index contributed by atoms with van der Waals surface area (Å²) in [4.78, 5) is 4.31. The normalized spacial score (nSPS) is 11.4. The first-order valence-electron chi connectivity index (χ1n) is 5.04. The van der Waals surface area contributed by atoms with Gasteiger partial charge >= 0.3 is 0 Å². The number of hydrogen-bond acceptors (Lipinski definition) is 2. The van der Waals surface area contributed by atoms with Gasteiger partial charge in [0.2, 0.25) is 0 Å². The molecule has 3 nitrogen and oxygen atoms in total. The van der Waals surface area contributed by atoms with Crippen molar-refractivity contribution in [3.63, 3.8) is 0 Å². The molecule has 80 valence electrons. The van der Waals surface area contributed by atoms with Crippen molar-refractivity contribution in [2.24, 2.45) is 5.73 Å². The van der Waals surface area contributed by atoms with Crippen LogP contribution in [0, 0.1) is 0 Å². The van der Waals surface area contributed by atoms with E-state index in [0.29, 0.717) is 6.54 Å². The van der Waals surface area contributed by atoms with Gasteiger partial charge in [-0.25, -0.2) is 4.98 Å². The number of nitrogens with zero attached hydrogens (tertiary/aromatic N) is 2. The van der Waals surface area contributed by atoms with Gasteiger partial charge in [-0.05, 0) is 30.3 Å². The molecule has 1 aromatic carbocycles. The van der Waals surface area contributed by atoms with Gasteiger partial charge in [0.15, 0.2) is 0 Å². The molecule has 16 heavy (non-hydrogen) atoms. The van der Waals surface area contributed by atoms with E-state index in [4.69, 9.17) is 17.3 Å². The van der Waals surface area contributed by atoms with Gasteiger partial charge in [-0.3, -0.25) is 4.40 Å². The molecule has 0 aliphatic carbocycles. The third kappa shape index (κ3) is 1.29. The second kappa shape index (κ2) is 3.47. The average molecular weight is 232 g/mol. The Labute approximate surface area is 97.5 Å². The van der Waals surface area contributed by atoms with E-state index in [2.05, 4.69) is 9.38 Å². The van der Waals surface area contributed by atoms with Crippen LogP contribution in [0.2, 0.25) is 5.02 Å². The monoisotopic (exact) mass is 231 g/mol. The summed E-state index contributed by atoms with van der Waals surface area (Å²) in [6.07, 6.45) is 1.81. The minimum Gasteiger partial charge on any atom is -0.325 e. The van der Waals surface area contributed by atoms with Gasteiger partial charge in [-0.1, -0.05) is 11.6 Å². The van der Waals surface area contributed by atoms with Crippen LogP contribution in [0.25, 0.3) is 16.6 Å². The number of benzene rings is 1. The lowest BCUT2D eigenvalue weighted by Gasteiger charge is -2.05. The zero-order chi connectivity index (χ0) is 11.1. The highest BCUT2D eigenvalue weighted by molar-refractivity contribution is 6.31. The molecule has 0 atom stereocenters. The van der Waals surface area contributed by atoms with Crippen molar-refractivity contribution in [1.29, 1.82) is 0 Å². The fourth-order valence-corrected chi connectivity index (χ4v) is 2.15. The molecule has 2 N–H and O–H groups in total. The molecule has 3 rings (SSSR count). The molecule has 0 spiro atoms. The molecule has 0 amide bonds. The Morgan fingerprint density at radius 1 is 1.25 bits per heavy atom. The smallest absolute Gasteiger partial charge is 0.137 e. The molecular formula is C12H10ClN3. The number of rotatable bonds is 1. The Kier molecular flexibility index (Phi) is 2.09. The van der Waals surface area contributed by atoms with Gasteiger partial charge in [-0.2, -0.15) is 0 Å². The highest BCUT2D eigenvalue weighted by atomic mass is 35.5. The molecule has 0 saturated carbocycles. The van der Waals surface area contributed by atoms with Crippen molar-refractivity contribution in [1.82, 2.24) is 9.38 Å². The summed E-state index contributed by atoms with van der Waals surface area (Å²) in [6, 6.07) is 9.80. The lowest BCUT2D eigenvalue weighted by atomic mass is 10.2. The average Bonchev–Trinajstić information content (AvgIpc) is 2.71. The standard InChI is InChI=1S/C12H10ClN3/c13-9-2-3-11-8(5-9)1-4-12-15-7-10(6-14)16(11)12/h1-5,7H,6,14H2. The molecule has 0 saturated heterocycles. The van der Waals surface area contributed by atoms with Crippen LogP contribution in [-0.2, 0) is 6.54 Å². The summed E-state index contributed by atoms with van der Waals surface area (Å²) in [6.45, 7) is 0.475. The highest BCUT2D eigenvalue weighted by Gasteiger charge is 2.05. The van der Waals surface area contributed by atoms with E-state index < -0.39 is 0 Å². The fourth-order valence-electron chi connectivity index (χ4n) is 1.97. The van der Waals surface area contributed by atoms with Crippen molar-refractivity contribution >= 4 is 28.2 Å². The molecule has 3 aromatic rings. The number of aromatic nitrogens is 2. The summed E-state index contributed by atoms with van der Waals surface area (Å²) >= 11 is 5.97. The van der Waals surface area contributed by atoms with Gasteiger partial charge in [0, 0.05) is 17.0 Å². The summed E-state index contributed by atoms with van der Waals surface area (Å²) in [7, 11) is 0. The molecular weight excluding hydrogens is 222 g/mol. The Morgan fingerprint density at radius 3 is 2.94 bits per heavy atom. The topological polar surface area (TPSA) is 43.3 Å². The number of nitrogens with two attached hydrogens (primary N) is 1. The van der Waals surface area contributed by atoms with Gasteiger partial charge in [0.1, 0.15) is 5.65 Å². The van der Waals surface area contributed by atoms with Crippen molar-refractivity contribution in [2.75, 3.05) is 0 Å². The van der Waals surface area contributed by atoms with E-state index in [1.54, 1.807) is 0 Å². The number of hydrogen-bond donors (Lipinski definition) is 1. The molecule has 0 unspecified atom stereocenters.